The van der Waals surface area contributed by atoms with Gasteiger partial charge in [0.25, 0.3) is 0 Å². The minimum absolute atomic E-state index is 0.495. The van der Waals surface area contributed by atoms with E-state index in [0.29, 0.717) is 27.6 Å². The van der Waals surface area contributed by atoms with Crippen LogP contribution in [-0.4, -0.2) is 19.3 Å². The second-order valence-electron chi connectivity index (χ2n) is 4.16. The lowest BCUT2D eigenvalue weighted by atomic mass is 10.0. The Bertz CT molecular complexity index is 616. The van der Waals surface area contributed by atoms with E-state index in [9.17, 15) is 5.11 Å². The van der Waals surface area contributed by atoms with Crippen molar-refractivity contribution in [2.75, 3.05) is 14.2 Å². The van der Waals surface area contributed by atoms with Crippen LogP contribution in [0.2, 0.25) is 5.02 Å². The van der Waals surface area contributed by atoms with Crippen LogP contribution in [0.15, 0.2) is 40.9 Å². The van der Waals surface area contributed by atoms with Crippen molar-refractivity contribution in [3.05, 3.63) is 57.0 Å². The third-order valence-corrected chi connectivity index (χ3v) is 4.31. The van der Waals surface area contributed by atoms with Crippen molar-refractivity contribution in [1.29, 1.82) is 0 Å². The number of hydrogen-bond acceptors (Lipinski definition) is 3. The molecular formula is C15H14BrClO3. The fourth-order valence-electron chi connectivity index (χ4n) is 1.93. The first-order valence-electron chi connectivity index (χ1n) is 5.92. The highest BCUT2D eigenvalue weighted by Crippen LogP contribution is 2.36. The zero-order valence-electron chi connectivity index (χ0n) is 11.1. The summed E-state index contributed by atoms with van der Waals surface area (Å²) >= 11 is 9.56. The van der Waals surface area contributed by atoms with E-state index in [1.807, 2.05) is 12.1 Å². The number of ether oxygens (including phenoxy) is 2. The van der Waals surface area contributed by atoms with E-state index in [0.717, 1.165) is 4.47 Å². The number of rotatable bonds is 4. The van der Waals surface area contributed by atoms with Crippen LogP contribution in [0, 0.1) is 0 Å². The van der Waals surface area contributed by atoms with Crippen LogP contribution in [0.4, 0.5) is 0 Å². The summed E-state index contributed by atoms with van der Waals surface area (Å²) in [5, 5.41) is 11.0. The molecule has 0 aromatic heterocycles. The van der Waals surface area contributed by atoms with E-state index < -0.39 is 6.10 Å². The Kier molecular flexibility index (Phi) is 4.91. The van der Waals surface area contributed by atoms with Gasteiger partial charge in [-0.3, -0.25) is 0 Å². The predicted octanol–water partition coefficient (Wildman–Crippen LogP) is 4.20. The third kappa shape index (κ3) is 2.92. The van der Waals surface area contributed by atoms with Gasteiger partial charge in [-0.15, -0.1) is 0 Å². The maximum Gasteiger partial charge on any atom is 0.161 e. The van der Waals surface area contributed by atoms with Gasteiger partial charge in [-0.2, -0.15) is 0 Å². The minimum Gasteiger partial charge on any atom is -0.493 e. The highest BCUT2D eigenvalue weighted by atomic mass is 79.9. The quantitative estimate of drug-likeness (QED) is 0.891. The number of aliphatic hydroxyl groups is 1. The summed E-state index contributed by atoms with van der Waals surface area (Å²) in [5.74, 6) is 1.18. The zero-order chi connectivity index (χ0) is 14.7. The lowest BCUT2D eigenvalue weighted by Gasteiger charge is -2.16. The summed E-state index contributed by atoms with van der Waals surface area (Å²) in [6, 6.07) is 10.7. The molecule has 0 amide bonds. The molecule has 0 radical (unpaired) electrons. The van der Waals surface area contributed by atoms with Crippen LogP contribution in [0.5, 0.6) is 11.5 Å². The zero-order valence-corrected chi connectivity index (χ0v) is 13.4. The molecule has 0 aliphatic heterocycles. The topological polar surface area (TPSA) is 38.7 Å². The van der Waals surface area contributed by atoms with Gasteiger partial charge in [0, 0.05) is 10.0 Å². The lowest BCUT2D eigenvalue weighted by molar-refractivity contribution is 0.219. The number of halogens is 2. The second-order valence-corrected chi connectivity index (χ2v) is 5.39. The first kappa shape index (κ1) is 15.2. The van der Waals surface area contributed by atoms with E-state index in [4.69, 9.17) is 21.1 Å². The molecular weight excluding hydrogens is 344 g/mol. The average Bonchev–Trinajstić information content (AvgIpc) is 2.48. The lowest BCUT2D eigenvalue weighted by Crippen LogP contribution is -2.02. The van der Waals surface area contributed by atoms with Crippen LogP contribution in [-0.2, 0) is 0 Å². The van der Waals surface area contributed by atoms with Gasteiger partial charge in [0.05, 0.1) is 19.2 Å². The van der Waals surface area contributed by atoms with Gasteiger partial charge < -0.3 is 14.6 Å². The Morgan fingerprint density at radius 2 is 1.80 bits per heavy atom. The highest BCUT2D eigenvalue weighted by molar-refractivity contribution is 9.10. The van der Waals surface area contributed by atoms with Crippen LogP contribution in [0.25, 0.3) is 0 Å². The Labute approximate surface area is 131 Å². The fraction of sp³-hybridized carbons (Fsp3) is 0.200. The van der Waals surface area contributed by atoms with Gasteiger partial charge in [-0.05, 0) is 39.7 Å². The van der Waals surface area contributed by atoms with E-state index >= 15 is 0 Å². The monoisotopic (exact) mass is 356 g/mol. The molecule has 0 saturated carbocycles. The van der Waals surface area contributed by atoms with Crippen molar-refractivity contribution in [2.24, 2.45) is 0 Å². The molecule has 3 nitrogen and oxygen atoms in total. The largest absolute Gasteiger partial charge is 0.493 e. The van der Waals surface area contributed by atoms with E-state index in [-0.39, 0.29) is 0 Å². The van der Waals surface area contributed by atoms with Crippen molar-refractivity contribution < 1.29 is 14.6 Å². The van der Waals surface area contributed by atoms with Crippen molar-refractivity contribution in [2.45, 2.75) is 6.10 Å². The molecule has 1 atom stereocenters. The van der Waals surface area contributed by atoms with Crippen molar-refractivity contribution in [3.8, 4) is 11.5 Å². The van der Waals surface area contributed by atoms with Gasteiger partial charge in [0.2, 0.25) is 0 Å². The average molecular weight is 358 g/mol. The summed E-state index contributed by atoms with van der Waals surface area (Å²) in [6.07, 6.45) is -0.834. The minimum atomic E-state index is -0.834. The van der Waals surface area contributed by atoms with Gasteiger partial charge in [0.1, 0.15) is 6.10 Å². The van der Waals surface area contributed by atoms with Crippen molar-refractivity contribution >= 4 is 27.5 Å². The van der Waals surface area contributed by atoms with Crippen LogP contribution in [0.1, 0.15) is 17.2 Å². The molecule has 1 N–H and O–H groups in total. The van der Waals surface area contributed by atoms with Gasteiger partial charge >= 0.3 is 0 Å². The summed E-state index contributed by atoms with van der Waals surface area (Å²) in [4.78, 5) is 0. The Morgan fingerprint density at radius 1 is 1.10 bits per heavy atom. The molecule has 1 unspecified atom stereocenters. The first-order valence-corrected chi connectivity index (χ1v) is 7.09. The summed E-state index contributed by atoms with van der Waals surface area (Å²) in [6.45, 7) is 0. The predicted molar refractivity (Wildman–Crippen MR) is 82.8 cm³/mol. The molecule has 0 spiro atoms. The summed E-state index contributed by atoms with van der Waals surface area (Å²) < 4.78 is 11.2. The fourth-order valence-corrected chi connectivity index (χ4v) is 2.54. The van der Waals surface area contributed by atoms with Crippen LogP contribution >= 0.6 is 27.5 Å². The molecule has 2 rings (SSSR count). The van der Waals surface area contributed by atoms with E-state index in [1.165, 1.54) is 0 Å². The normalized spacial score (nSPS) is 12.1. The van der Waals surface area contributed by atoms with E-state index in [2.05, 4.69) is 15.9 Å². The Hall–Kier alpha value is -1.23. The summed E-state index contributed by atoms with van der Waals surface area (Å²) in [5.41, 5.74) is 1.32. The Balaban J connectivity index is 2.43. The van der Waals surface area contributed by atoms with Gasteiger partial charge in [0.15, 0.2) is 11.5 Å². The number of methoxy groups -OCH3 is 2. The summed E-state index contributed by atoms with van der Waals surface area (Å²) in [7, 11) is 3.12. The standard InChI is InChI=1S/C15H14BrClO3/c1-19-12-7-6-9(8-13(12)20-2)15(18)10-4-3-5-11(16)14(10)17/h3-8,15,18H,1-2H3. The molecule has 0 fully saturated rings. The number of hydrogen-bond donors (Lipinski definition) is 1. The molecule has 0 saturated heterocycles. The SMILES string of the molecule is COc1ccc(C(O)c2cccc(Br)c2Cl)cc1OC. The molecule has 2 aromatic rings. The van der Waals surface area contributed by atoms with Crippen molar-refractivity contribution in [1.82, 2.24) is 0 Å². The van der Waals surface area contributed by atoms with Gasteiger partial charge in [-0.25, -0.2) is 0 Å². The molecule has 0 bridgehead atoms. The molecule has 106 valence electrons. The number of benzene rings is 2. The van der Waals surface area contributed by atoms with Crippen LogP contribution < -0.4 is 9.47 Å². The maximum atomic E-state index is 10.5. The molecule has 20 heavy (non-hydrogen) atoms. The Morgan fingerprint density at radius 3 is 2.45 bits per heavy atom. The van der Waals surface area contributed by atoms with E-state index in [1.54, 1.807) is 38.5 Å². The van der Waals surface area contributed by atoms with Crippen LogP contribution in [0.3, 0.4) is 0 Å². The molecule has 2 aromatic carbocycles. The second kappa shape index (κ2) is 6.48. The first-order chi connectivity index (χ1) is 9.58. The van der Waals surface area contributed by atoms with Gasteiger partial charge in [-0.1, -0.05) is 29.8 Å². The number of aliphatic hydroxyl groups excluding tert-OH is 1. The molecule has 0 aliphatic rings. The molecule has 0 heterocycles. The third-order valence-electron chi connectivity index (χ3n) is 3.00. The van der Waals surface area contributed by atoms with Crippen molar-refractivity contribution in [3.63, 3.8) is 0 Å². The molecule has 5 heteroatoms. The molecule has 0 aliphatic carbocycles. The smallest absolute Gasteiger partial charge is 0.161 e. The highest BCUT2D eigenvalue weighted by Gasteiger charge is 2.17. The maximum absolute atomic E-state index is 10.5.